The molecule has 0 saturated carbocycles. The monoisotopic (exact) mass is 443 g/mol. The van der Waals surface area contributed by atoms with Crippen molar-refractivity contribution in [2.45, 2.75) is 51.0 Å². The van der Waals surface area contributed by atoms with E-state index in [1.165, 1.54) is 12.8 Å². The SMILES string of the molecule is O=C1NCCN(C(=O)c2n[nH]c3c2CCCCCC3)[C@H]1Cc1ccc(-c2ccncc2)cc1. The number of carbonyl (C=O) groups is 2. The second-order valence-electron chi connectivity index (χ2n) is 8.89. The van der Waals surface area contributed by atoms with E-state index in [0.29, 0.717) is 25.2 Å². The first kappa shape index (κ1) is 21.4. The van der Waals surface area contributed by atoms with E-state index in [2.05, 4.69) is 20.5 Å². The Morgan fingerprint density at radius 2 is 1.70 bits per heavy atom. The Kier molecular flexibility index (Phi) is 6.19. The molecular formula is C26H29N5O2. The van der Waals surface area contributed by atoms with Gasteiger partial charge in [0.25, 0.3) is 5.91 Å². The number of H-pyrrole nitrogens is 1. The average Bonchev–Trinajstić information content (AvgIpc) is 3.22. The van der Waals surface area contributed by atoms with Crippen LogP contribution in [0.1, 0.15) is 53.0 Å². The first-order chi connectivity index (χ1) is 16.2. The Balaban J connectivity index is 1.37. The maximum Gasteiger partial charge on any atom is 0.275 e. The summed E-state index contributed by atoms with van der Waals surface area (Å²) in [6, 6.07) is 11.6. The second-order valence-corrected chi connectivity index (χ2v) is 8.89. The van der Waals surface area contributed by atoms with Crippen LogP contribution in [0.5, 0.6) is 0 Å². The van der Waals surface area contributed by atoms with Crippen molar-refractivity contribution >= 4 is 11.8 Å². The summed E-state index contributed by atoms with van der Waals surface area (Å²) in [5.74, 6) is -0.243. The van der Waals surface area contributed by atoms with Gasteiger partial charge >= 0.3 is 0 Å². The zero-order valence-electron chi connectivity index (χ0n) is 18.7. The summed E-state index contributed by atoms with van der Waals surface area (Å²) in [5.41, 5.74) is 5.84. The number of hydrogen-bond donors (Lipinski definition) is 2. The lowest BCUT2D eigenvalue weighted by molar-refractivity contribution is -0.127. The van der Waals surface area contributed by atoms with Crippen LogP contribution in [0, 0.1) is 0 Å². The van der Waals surface area contributed by atoms with Crippen molar-refractivity contribution in [1.82, 2.24) is 25.4 Å². The van der Waals surface area contributed by atoms with Crippen LogP contribution in [-0.2, 0) is 24.1 Å². The molecule has 0 spiro atoms. The second kappa shape index (κ2) is 9.57. The van der Waals surface area contributed by atoms with Crippen LogP contribution in [0.2, 0.25) is 0 Å². The molecule has 1 fully saturated rings. The Morgan fingerprint density at radius 3 is 2.48 bits per heavy atom. The molecule has 1 atom stereocenters. The third kappa shape index (κ3) is 4.53. The van der Waals surface area contributed by atoms with Crippen molar-refractivity contribution < 1.29 is 9.59 Å². The predicted molar refractivity (Wildman–Crippen MR) is 126 cm³/mol. The summed E-state index contributed by atoms with van der Waals surface area (Å²) < 4.78 is 0. The quantitative estimate of drug-likeness (QED) is 0.647. The van der Waals surface area contributed by atoms with Gasteiger partial charge in [0.15, 0.2) is 5.69 Å². The summed E-state index contributed by atoms with van der Waals surface area (Å²) in [6.45, 7) is 0.959. The molecule has 3 heterocycles. The van der Waals surface area contributed by atoms with Crippen molar-refractivity contribution in [3.8, 4) is 11.1 Å². The number of amides is 2. The number of pyridine rings is 1. The highest BCUT2D eigenvalue weighted by atomic mass is 16.2. The number of nitrogens with zero attached hydrogens (tertiary/aromatic N) is 3. The Labute approximate surface area is 193 Å². The molecule has 1 aromatic carbocycles. The molecule has 2 aliphatic rings. The highest BCUT2D eigenvalue weighted by Gasteiger charge is 2.36. The lowest BCUT2D eigenvalue weighted by Crippen LogP contribution is -2.58. The fourth-order valence-corrected chi connectivity index (χ4v) is 4.91. The smallest absolute Gasteiger partial charge is 0.275 e. The fraction of sp³-hybridized carbons (Fsp3) is 0.385. The van der Waals surface area contributed by atoms with Gasteiger partial charge in [-0.2, -0.15) is 5.10 Å². The standard InChI is InChI=1S/C26H29N5O2/c32-25-23(17-18-7-9-19(10-8-18)20-11-13-27-14-12-20)31(16-15-28-25)26(33)24-21-5-3-1-2-4-6-22(21)29-30-24/h7-14,23H,1-6,15-17H2,(H,28,32)(H,29,30)/t23-/m0/s1. The molecular weight excluding hydrogens is 414 g/mol. The molecule has 33 heavy (non-hydrogen) atoms. The number of aromatic amines is 1. The van der Waals surface area contributed by atoms with Gasteiger partial charge in [-0.05, 0) is 54.5 Å². The van der Waals surface area contributed by atoms with E-state index in [1.807, 2.05) is 36.4 Å². The zero-order chi connectivity index (χ0) is 22.6. The maximum atomic E-state index is 13.6. The molecule has 1 aliphatic carbocycles. The molecule has 0 bridgehead atoms. The van der Waals surface area contributed by atoms with E-state index in [1.54, 1.807) is 17.3 Å². The van der Waals surface area contributed by atoms with E-state index >= 15 is 0 Å². The summed E-state index contributed by atoms with van der Waals surface area (Å²) in [7, 11) is 0. The molecule has 2 amide bonds. The molecule has 1 saturated heterocycles. The van der Waals surface area contributed by atoms with Gasteiger partial charge in [0, 0.05) is 43.2 Å². The van der Waals surface area contributed by atoms with Crippen LogP contribution in [0.25, 0.3) is 11.1 Å². The van der Waals surface area contributed by atoms with Crippen LogP contribution in [-0.4, -0.2) is 51.0 Å². The molecule has 2 N–H and O–H groups in total. The molecule has 5 rings (SSSR count). The lowest BCUT2D eigenvalue weighted by Gasteiger charge is -2.35. The van der Waals surface area contributed by atoms with Crippen molar-refractivity contribution in [3.63, 3.8) is 0 Å². The van der Waals surface area contributed by atoms with E-state index in [9.17, 15) is 9.59 Å². The van der Waals surface area contributed by atoms with Crippen molar-refractivity contribution in [2.24, 2.45) is 0 Å². The lowest BCUT2D eigenvalue weighted by atomic mass is 9.95. The van der Waals surface area contributed by atoms with E-state index in [-0.39, 0.29) is 11.8 Å². The van der Waals surface area contributed by atoms with Gasteiger partial charge in [-0.25, -0.2) is 0 Å². The van der Waals surface area contributed by atoms with Crippen LogP contribution in [0.15, 0.2) is 48.8 Å². The van der Waals surface area contributed by atoms with E-state index < -0.39 is 6.04 Å². The minimum atomic E-state index is -0.543. The number of nitrogens with one attached hydrogen (secondary N) is 2. The van der Waals surface area contributed by atoms with Gasteiger partial charge in [-0.15, -0.1) is 0 Å². The Hall–Kier alpha value is -3.48. The number of benzene rings is 1. The van der Waals surface area contributed by atoms with Crippen molar-refractivity contribution in [1.29, 1.82) is 0 Å². The first-order valence-electron chi connectivity index (χ1n) is 11.8. The van der Waals surface area contributed by atoms with E-state index in [0.717, 1.165) is 53.6 Å². The average molecular weight is 444 g/mol. The highest BCUT2D eigenvalue weighted by molar-refractivity contribution is 5.98. The Bertz CT molecular complexity index is 1120. The van der Waals surface area contributed by atoms with Crippen molar-refractivity contribution in [2.75, 3.05) is 13.1 Å². The van der Waals surface area contributed by atoms with Crippen LogP contribution in [0.3, 0.4) is 0 Å². The zero-order valence-corrected chi connectivity index (χ0v) is 18.7. The highest BCUT2D eigenvalue weighted by Crippen LogP contribution is 2.25. The number of fused-ring (bicyclic) bond motifs is 1. The van der Waals surface area contributed by atoms with Crippen LogP contribution in [0.4, 0.5) is 0 Å². The number of rotatable bonds is 4. The first-order valence-corrected chi connectivity index (χ1v) is 11.8. The largest absolute Gasteiger partial charge is 0.353 e. The summed E-state index contributed by atoms with van der Waals surface area (Å²) >= 11 is 0. The van der Waals surface area contributed by atoms with Gasteiger partial charge < -0.3 is 10.2 Å². The third-order valence-electron chi connectivity index (χ3n) is 6.75. The van der Waals surface area contributed by atoms with Crippen molar-refractivity contribution in [3.05, 3.63) is 71.3 Å². The molecule has 2 aromatic heterocycles. The van der Waals surface area contributed by atoms with Crippen LogP contribution >= 0.6 is 0 Å². The van der Waals surface area contributed by atoms with Gasteiger partial charge in [-0.3, -0.25) is 19.7 Å². The molecule has 7 heteroatoms. The van der Waals surface area contributed by atoms with Gasteiger partial charge in [-0.1, -0.05) is 37.1 Å². The summed E-state index contributed by atoms with van der Waals surface area (Å²) in [5, 5.41) is 10.5. The topological polar surface area (TPSA) is 91.0 Å². The van der Waals surface area contributed by atoms with Gasteiger partial charge in [0.2, 0.25) is 5.91 Å². The number of piperazine rings is 1. The Morgan fingerprint density at radius 1 is 0.970 bits per heavy atom. The molecule has 0 radical (unpaired) electrons. The van der Waals surface area contributed by atoms with Crippen LogP contribution < -0.4 is 5.32 Å². The minimum Gasteiger partial charge on any atom is -0.353 e. The summed E-state index contributed by atoms with van der Waals surface area (Å²) in [6.07, 6.45) is 10.4. The molecule has 3 aromatic rings. The normalized spacial score (nSPS) is 18.7. The minimum absolute atomic E-state index is 0.105. The predicted octanol–water partition coefficient (Wildman–Crippen LogP) is 3.31. The number of aromatic nitrogens is 3. The molecule has 1 aliphatic heterocycles. The number of aryl methyl sites for hydroxylation is 1. The number of carbonyl (C=O) groups excluding carboxylic acids is 2. The fourth-order valence-electron chi connectivity index (χ4n) is 4.91. The maximum absolute atomic E-state index is 13.6. The molecule has 0 unspecified atom stereocenters. The van der Waals surface area contributed by atoms with Gasteiger partial charge in [0.1, 0.15) is 6.04 Å². The van der Waals surface area contributed by atoms with E-state index in [4.69, 9.17) is 0 Å². The third-order valence-corrected chi connectivity index (χ3v) is 6.75. The summed E-state index contributed by atoms with van der Waals surface area (Å²) in [4.78, 5) is 32.2. The molecule has 170 valence electrons. The number of hydrogen-bond acceptors (Lipinski definition) is 4. The molecule has 7 nitrogen and oxygen atoms in total. The van der Waals surface area contributed by atoms with Gasteiger partial charge in [0.05, 0.1) is 0 Å².